The van der Waals surface area contributed by atoms with Crippen LogP contribution in [0.1, 0.15) is 46.0 Å². The van der Waals surface area contributed by atoms with Gasteiger partial charge in [0.05, 0.1) is 6.10 Å². The van der Waals surface area contributed by atoms with Gasteiger partial charge in [0.25, 0.3) is 0 Å². The molecule has 3 nitrogen and oxygen atoms in total. The molecule has 0 fully saturated rings. The van der Waals surface area contributed by atoms with E-state index < -0.39 is 0 Å². The topological polar surface area (TPSA) is 61.1 Å². The molecular formula is C9H19NO2. The largest absolute Gasteiger partial charge is 0.393 e. The van der Waals surface area contributed by atoms with E-state index in [0.717, 1.165) is 12.5 Å². The van der Waals surface area contributed by atoms with Gasteiger partial charge in [-0.1, -0.05) is 32.6 Å². The lowest BCUT2D eigenvalue weighted by molar-refractivity contribution is 0.180. The molecule has 0 aromatic heterocycles. The minimum Gasteiger partial charge on any atom is -0.393 e. The van der Waals surface area contributed by atoms with Crippen molar-refractivity contribution in [2.45, 2.75) is 52.1 Å². The average molecular weight is 173 g/mol. The quantitative estimate of drug-likeness (QED) is 0.380. The molecule has 12 heavy (non-hydrogen) atoms. The van der Waals surface area contributed by atoms with Gasteiger partial charge in [0, 0.05) is 0 Å². The fraction of sp³-hybridized carbons (Fsp3) is 0.889. The van der Waals surface area contributed by atoms with Crippen LogP contribution in [0.3, 0.4) is 0 Å². The van der Waals surface area contributed by atoms with Gasteiger partial charge in [-0.3, -0.25) is 0 Å². The highest BCUT2D eigenvalue weighted by Crippen LogP contribution is 2.04. The predicted octanol–water partition coefficient (Wildman–Crippen LogP) is 2.24. The van der Waals surface area contributed by atoms with Crippen LogP contribution in [-0.4, -0.2) is 17.3 Å². The van der Waals surface area contributed by atoms with E-state index in [9.17, 15) is 0 Å². The van der Waals surface area contributed by atoms with Crippen molar-refractivity contribution < 1.29 is 9.90 Å². The molecule has 0 aliphatic rings. The number of hydrogen-bond donors (Lipinski definition) is 2. The van der Waals surface area contributed by atoms with Crippen molar-refractivity contribution in [2.75, 3.05) is 0 Å². The number of isocyanates is 1. The normalized spacial score (nSPS) is 10.9. The summed E-state index contributed by atoms with van der Waals surface area (Å²) in [6.45, 7) is 4.05. The molecule has 0 rings (SSSR count). The molecule has 1 atom stereocenters. The van der Waals surface area contributed by atoms with E-state index in [2.05, 4.69) is 6.92 Å². The second-order valence-electron chi connectivity index (χ2n) is 2.80. The third-order valence-corrected chi connectivity index (χ3v) is 1.48. The molecule has 0 heterocycles. The lowest BCUT2D eigenvalue weighted by Crippen LogP contribution is -1.97. The third kappa shape index (κ3) is 22.8. The van der Waals surface area contributed by atoms with Crippen molar-refractivity contribution in [3.8, 4) is 0 Å². The smallest absolute Gasteiger partial charge is 0.231 e. The summed E-state index contributed by atoms with van der Waals surface area (Å²) in [6, 6.07) is 0. The molecular weight excluding hydrogens is 154 g/mol. The SMILES string of the molecule is CCCCCCC(C)O.N=C=O. The van der Waals surface area contributed by atoms with Crippen LogP contribution in [-0.2, 0) is 4.79 Å². The molecule has 0 spiro atoms. The fourth-order valence-corrected chi connectivity index (χ4v) is 0.867. The molecule has 0 aliphatic carbocycles. The zero-order valence-electron chi connectivity index (χ0n) is 7.97. The summed E-state index contributed by atoms with van der Waals surface area (Å²) in [5, 5.41) is 14.3. The zero-order chi connectivity index (χ0) is 9.82. The number of hydrogen-bond acceptors (Lipinski definition) is 3. The Balaban J connectivity index is 0. The van der Waals surface area contributed by atoms with Gasteiger partial charge in [0.1, 0.15) is 0 Å². The van der Waals surface area contributed by atoms with Crippen LogP contribution in [0.2, 0.25) is 0 Å². The van der Waals surface area contributed by atoms with Gasteiger partial charge in [0.15, 0.2) is 0 Å². The molecule has 1 unspecified atom stereocenters. The molecule has 2 N–H and O–H groups in total. The molecule has 0 radical (unpaired) electrons. The maximum Gasteiger partial charge on any atom is 0.231 e. The van der Waals surface area contributed by atoms with Gasteiger partial charge in [0.2, 0.25) is 6.08 Å². The van der Waals surface area contributed by atoms with E-state index >= 15 is 0 Å². The molecule has 0 bridgehead atoms. The Morgan fingerprint density at radius 2 is 1.92 bits per heavy atom. The highest BCUT2D eigenvalue weighted by molar-refractivity contribution is 5.26. The van der Waals surface area contributed by atoms with Crippen LogP contribution in [0.25, 0.3) is 0 Å². The van der Waals surface area contributed by atoms with Crippen LogP contribution in [0.15, 0.2) is 0 Å². The number of nitrogens with one attached hydrogen (secondary N) is 1. The number of unbranched alkanes of at least 4 members (excludes halogenated alkanes) is 3. The lowest BCUT2D eigenvalue weighted by Gasteiger charge is -2.01. The maximum absolute atomic E-state index is 8.85. The zero-order valence-corrected chi connectivity index (χ0v) is 7.97. The van der Waals surface area contributed by atoms with E-state index in [1.165, 1.54) is 25.7 Å². The summed E-state index contributed by atoms with van der Waals surface area (Å²) in [6.07, 6.45) is 6.68. The van der Waals surface area contributed by atoms with Crippen molar-refractivity contribution in [3.63, 3.8) is 0 Å². The number of aliphatic hydroxyl groups excluding tert-OH is 1. The Morgan fingerprint density at radius 1 is 1.42 bits per heavy atom. The molecule has 0 saturated heterocycles. The van der Waals surface area contributed by atoms with Crippen LogP contribution < -0.4 is 0 Å². The molecule has 3 heteroatoms. The van der Waals surface area contributed by atoms with E-state index in [-0.39, 0.29) is 6.10 Å². The monoisotopic (exact) mass is 173 g/mol. The van der Waals surface area contributed by atoms with Crippen molar-refractivity contribution >= 4 is 6.08 Å². The molecule has 0 aromatic carbocycles. The van der Waals surface area contributed by atoms with Gasteiger partial charge < -0.3 is 5.11 Å². The maximum atomic E-state index is 8.85. The van der Waals surface area contributed by atoms with Gasteiger partial charge in [-0.2, -0.15) is 0 Å². The minimum atomic E-state index is -0.0955. The molecule has 0 saturated carbocycles. The molecule has 0 aromatic rings. The Labute approximate surface area is 74.3 Å². The van der Waals surface area contributed by atoms with Crippen LogP contribution in [0.5, 0.6) is 0 Å². The summed E-state index contributed by atoms with van der Waals surface area (Å²) >= 11 is 0. The molecule has 0 amide bonds. The summed E-state index contributed by atoms with van der Waals surface area (Å²) in [4.78, 5) is 8.35. The standard InChI is InChI=1S/C8H18O.CHNO/c1-3-4-5-6-7-8(2)9;2-1-3/h8-9H,3-7H2,1-2H3;2H. The Kier molecular flexibility index (Phi) is 15.0. The van der Waals surface area contributed by atoms with Crippen LogP contribution >= 0.6 is 0 Å². The van der Waals surface area contributed by atoms with E-state index in [1.54, 1.807) is 0 Å². The van der Waals surface area contributed by atoms with E-state index in [1.807, 2.05) is 6.92 Å². The summed E-state index contributed by atoms with van der Waals surface area (Å²) < 4.78 is 0. The minimum absolute atomic E-state index is 0.0955. The van der Waals surface area contributed by atoms with Crippen molar-refractivity contribution in [3.05, 3.63) is 0 Å². The molecule has 72 valence electrons. The summed E-state index contributed by atoms with van der Waals surface area (Å²) in [7, 11) is 0. The highest BCUT2D eigenvalue weighted by atomic mass is 16.3. The lowest BCUT2D eigenvalue weighted by atomic mass is 10.1. The third-order valence-electron chi connectivity index (χ3n) is 1.48. The average Bonchev–Trinajstić information content (AvgIpc) is 1.99. The summed E-state index contributed by atoms with van der Waals surface area (Å²) in [5.74, 6) is 0. The Bertz CT molecular complexity index is 107. The van der Waals surface area contributed by atoms with Crippen molar-refractivity contribution in [1.82, 2.24) is 0 Å². The van der Waals surface area contributed by atoms with Crippen molar-refractivity contribution in [1.29, 1.82) is 5.41 Å². The van der Waals surface area contributed by atoms with Gasteiger partial charge in [-0.25, -0.2) is 10.2 Å². The first kappa shape index (κ1) is 13.9. The van der Waals surface area contributed by atoms with Crippen LogP contribution in [0, 0.1) is 5.41 Å². The first-order chi connectivity index (χ1) is 5.68. The van der Waals surface area contributed by atoms with Crippen molar-refractivity contribution in [2.24, 2.45) is 0 Å². The Hall–Kier alpha value is -0.660. The number of rotatable bonds is 5. The Morgan fingerprint density at radius 3 is 2.25 bits per heavy atom. The predicted molar refractivity (Wildman–Crippen MR) is 48.9 cm³/mol. The fourth-order valence-electron chi connectivity index (χ4n) is 0.867. The summed E-state index contributed by atoms with van der Waals surface area (Å²) in [5.41, 5.74) is 0. The first-order valence-corrected chi connectivity index (χ1v) is 4.41. The molecule has 0 aliphatic heterocycles. The second kappa shape index (κ2) is 13.0. The first-order valence-electron chi connectivity index (χ1n) is 4.41. The number of aliphatic hydroxyl groups is 1. The van der Waals surface area contributed by atoms with Gasteiger partial charge in [-0.05, 0) is 13.3 Å². The second-order valence-corrected chi connectivity index (χ2v) is 2.80. The van der Waals surface area contributed by atoms with E-state index in [4.69, 9.17) is 15.3 Å². The van der Waals surface area contributed by atoms with E-state index in [0.29, 0.717) is 0 Å². The van der Waals surface area contributed by atoms with Gasteiger partial charge >= 0.3 is 0 Å². The van der Waals surface area contributed by atoms with Crippen LogP contribution in [0.4, 0.5) is 0 Å². The number of carbonyl (C=O) groups excluding carboxylic acids is 1. The highest BCUT2D eigenvalue weighted by Gasteiger charge is 1.93. The van der Waals surface area contributed by atoms with Gasteiger partial charge in [-0.15, -0.1) is 0 Å².